The first kappa shape index (κ1) is 13.1. The van der Waals surface area contributed by atoms with Gasteiger partial charge in [0.25, 0.3) is 0 Å². The van der Waals surface area contributed by atoms with E-state index in [9.17, 15) is 5.26 Å². The molecule has 0 radical (unpaired) electrons. The molecule has 19 heavy (non-hydrogen) atoms. The fraction of sp³-hybridized carbons (Fsp3) is 0.250. The van der Waals surface area contributed by atoms with Crippen LogP contribution in [-0.2, 0) is 6.42 Å². The summed E-state index contributed by atoms with van der Waals surface area (Å²) in [7, 11) is 0. The molecule has 1 aromatic heterocycles. The summed E-state index contributed by atoms with van der Waals surface area (Å²) in [6.45, 7) is 5.89. The quantitative estimate of drug-likeness (QED) is 0.831. The largest absolute Gasteiger partial charge is 0.438 e. The smallest absolute Gasteiger partial charge is 0.237 e. The molecule has 0 unspecified atom stereocenters. The molecule has 0 fully saturated rings. The van der Waals surface area contributed by atoms with Crippen molar-refractivity contribution in [2.24, 2.45) is 0 Å². The summed E-state index contributed by atoms with van der Waals surface area (Å²) in [5.74, 6) is 1.08. The third kappa shape index (κ3) is 2.92. The van der Waals surface area contributed by atoms with Crippen LogP contribution in [0.3, 0.4) is 0 Å². The molecule has 0 bridgehead atoms. The van der Waals surface area contributed by atoms with Crippen molar-refractivity contribution in [1.82, 2.24) is 4.98 Å². The molecule has 1 heterocycles. The Labute approximate surface area is 113 Å². The zero-order valence-electron chi connectivity index (χ0n) is 11.4. The van der Waals surface area contributed by atoms with Gasteiger partial charge >= 0.3 is 0 Å². The molecular weight excluding hydrogens is 236 g/mol. The zero-order chi connectivity index (χ0) is 13.8. The fourth-order valence-corrected chi connectivity index (χ4v) is 1.92. The molecule has 0 amide bonds. The van der Waals surface area contributed by atoms with Crippen molar-refractivity contribution in [3.63, 3.8) is 0 Å². The van der Waals surface area contributed by atoms with E-state index >= 15 is 0 Å². The number of aromatic nitrogens is 1. The summed E-state index contributed by atoms with van der Waals surface area (Å²) >= 11 is 0. The predicted octanol–water partition coefficient (Wildman–Crippen LogP) is 3.92. The van der Waals surface area contributed by atoms with Gasteiger partial charge in [0.2, 0.25) is 5.88 Å². The molecule has 96 valence electrons. The molecule has 0 N–H and O–H groups in total. The molecule has 2 rings (SSSR count). The first-order valence-corrected chi connectivity index (χ1v) is 6.29. The van der Waals surface area contributed by atoms with Crippen LogP contribution in [0.4, 0.5) is 0 Å². The molecule has 0 aliphatic rings. The monoisotopic (exact) mass is 252 g/mol. The Hall–Kier alpha value is -2.34. The van der Waals surface area contributed by atoms with Crippen LogP contribution in [0, 0.1) is 25.2 Å². The van der Waals surface area contributed by atoms with Gasteiger partial charge in [0.05, 0.1) is 0 Å². The summed E-state index contributed by atoms with van der Waals surface area (Å²) in [4.78, 5) is 4.30. The molecule has 3 heteroatoms. The minimum atomic E-state index is 0.379. The first-order valence-electron chi connectivity index (χ1n) is 6.29. The molecule has 0 aliphatic heterocycles. The van der Waals surface area contributed by atoms with Crippen LogP contribution in [0.25, 0.3) is 0 Å². The number of rotatable bonds is 3. The SMILES string of the molecule is CCc1ccc(Oc2nc(C)cc(C)c2C#N)cc1. The number of nitrogens with zero attached hydrogens (tertiary/aromatic N) is 2. The fourth-order valence-electron chi connectivity index (χ4n) is 1.92. The summed E-state index contributed by atoms with van der Waals surface area (Å²) in [6, 6.07) is 11.9. The second-order valence-electron chi connectivity index (χ2n) is 4.47. The van der Waals surface area contributed by atoms with Gasteiger partial charge in [-0.25, -0.2) is 4.98 Å². The second kappa shape index (κ2) is 5.53. The average Bonchev–Trinajstić information content (AvgIpc) is 2.39. The maximum atomic E-state index is 9.18. The highest BCUT2D eigenvalue weighted by atomic mass is 16.5. The van der Waals surface area contributed by atoms with Crippen molar-refractivity contribution in [3.8, 4) is 17.7 Å². The Morgan fingerprint density at radius 1 is 1.21 bits per heavy atom. The summed E-state index contributed by atoms with van der Waals surface area (Å²) in [5.41, 5.74) is 3.47. The topological polar surface area (TPSA) is 45.9 Å². The van der Waals surface area contributed by atoms with E-state index in [1.807, 2.05) is 44.2 Å². The van der Waals surface area contributed by atoms with E-state index in [2.05, 4.69) is 18.0 Å². The van der Waals surface area contributed by atoms with E-state index in [1.54, 1.807) is 0 Å². The van der Waals surface area contributed by atoms with Crippen LogP contribution >= 0.6 is 0 Å². The van der Waals surface area contributed by atoms with Gasteiger partial charge < -0.3 is 4.74 Å². The maximum absolute atomic E-state index is 9.18. The van der Waals surface area contributed by atoms with Gasteiger partial charge in [-0.3, -0.25) is 0 Å². The Morgan fingerprint density at radius 3 is 2.47 bits per heavy atom. The van der Waals surface area contributed by atoms with Crippen LogP contribution < -0.4 is 4.74 Å². The number of hydrogen-bond acceptors (Lipinski definition) is 3. The van der Waals surface area contributed by atoms with Crippen molar-refractivity contribution < 1.29 is 4.74 Å². The average molecular weight is 252 g/mol. The molecule has 0 saturated heterocycles. The van der Waals surface area contributed by atoms with Crippen LogP contribution in [0.2, 0.25) is 0 Å². The van der Waals surface area contributed by atoms with E-state index in [0.29, 0.717) is 17.2 Å². The van der Waals surface area contributed by atoms with Crippen molar-refractivity contribution in [2.45, 2.75) is 27.2 Å². The molecule has 0 aliphatic carbocycles. The number of ether oxygens (including phenoxy) is 1. The lowest BCUT2D eigenvalue weighted by atomic mass is 10.1. The number of pyridine rings is 1. The molecule has 0 atom stereocenters. The lowest BCUT2D eigenvalue weighted by Crippen LogP contribution is -1.97. The van der Waals surface area contributed by atoms with Gasteiger partial charge in [-0.1, -0.05) is 19.1 Å². The third-order valence-electron chi connectivity index (χ3n) is 2.97. The summed E-state index contributed by atoms with van der Waals surface area (Å²) in [5, 5.41) is 9.18. The summed E-state index contributed by atoms with van der Waals surface area (Å²) < 4.78 is 5.73. The van der Waals surface area contributed by atoms with E-state index in [0.717, 1.165) is 17.7 Å². The van der Waals surface area contributed by atoms with Crippen molar-refractivity contribution >= 4 is 0 Å². The Bertz CT molecular complexity index is 624. The van der Waals surface area contributed by atoms with Crippen LogP contribution in [0.15, 0.2) is 30.3 Å². The molecule has 3 nitrogen and oxygen atoms in total. The van der Waals surface area contributed by atoms with Crippen molar-refractivity contribution in [1.29, 1.82) is 5.26 Å². The number of hydrogen-bond donors (Lipinski definition) is 0. The minimum absolute atomic E-state index is 0.379. The number of aryl methyl sites for hydroxylation is 3. The van der Waals surface area contributed by atoms with E-state index in [1.165, 1.54) is 5.56 Å². The number of benzene rings is 1. The second-order valence-corrected chi connectivity index (χ2v) is 4.47. The van der Waals surface area contributed by atoms with Crippen molar-refractivity contribution in [3.05, 3.63) is 52.7 Å². The molecule has 2 aromatic rings. The predicted molar refractivity (Wildman–Crippen MR) is 74.3 cm³/mol. The van der Waals surface area contributed by atoms with Gasteiger partial charge in [-0.2, -0.15) is 5.26 Å². The summed E-state index contributed by atoms with van der Waals surface area (Å²) in [6.07, 6.45) is 0.992. The van der Waals surface area contributed by atoms with Gasteiger partial charge in [-0.05, 0) is 49.6 Å². The lowest BCUT2D eigenvalue weighted by molar-refractivity contribution is 0.459. The van der Waals surface area contributed by atoms with E-state index in [4.69, 9.17) is 4.74 Å². The van der Waals surface area contributed by atoms with E-state index in [-0.39, 0.29) is 0 Å². The number of nitriles is 1. The van der Waals surface area contributed by atoms with Crippen LogP contribution in [-0.4, -0.2) is 4.98 Å². The lowest BCUT2D eigenvalue weighted by Gasteiger charge is -2.09. The Morgan fingerprint density at radius 2 is 1.89 bits per heavy atom. The van der Waals surface area contributed by atoms with Crippen LogP contribution in [0.5, 0.6) is 11.6 Å². The molecule has 0 saturated carbocycles. The van der Waals surface area contributed by atoms with Gasteiger partial charge in [0.1, 0.15) is 17.4 Å². The molecule has 1 aromatic carbocycles. The standard InChI is InChI=1S/C16H16N2O/c1-4-13-5-7-14(8-6-13)19-16-15(10-17)11(2)9-12(3)18-16/h5-9H,4H2,1-3H3. The highest BCUT2D eigenvalue weighted by Crippen LogP contribution is 2.26. The zero-order valence-corrected chi connectivity index (χ0v) is 11.4. The van der Waals surface area contributed by atoms with Gasteiger partial charge in [0, 0.05) is 5.69 Å². The third-order valence-corrected chi connectivity index (χ3v) is 2.97. The highest BCUT2D eigenvalue weighted by Gasteiger charge is 2.10. The first-order chi connectivity index (χ1) is 9.13. The van der Waals surface area contributed by atoms with Gasteiger partial charge in [-0.15, -0.1) is 0 Å². The Kier molecular flexibility index (Phi) is 3.82. The van der Waals surface area contributed by atoms with Gasteiger partial charge in [0.15, 0.2) is 0 Å². The van der Waals surface area contributed by atoms with Crippen molar-refractivity contribution in [2.75, 3.05) is 0 Å². The Balaban J connectivity index is 2.34. The normalized spacial score (nSPS) is 10.0. The van der Waals surface area contributed by atoms with Crippen LogP contribution in [0.1, 0.15) is 29.3 Å². The highest BCUT2D eigenvalue weighted by molar-refractivity contribution is 5.47. The maximum Gasteiger partial charge on any atom is 0.237 e. The molecule has 0 spiro atoms. The van der Waals surface area contributed by atoms with E-state index < -0.39 is 0 Å². The molecular formula is C16H16N2O. The minimum Gasteiger partial charge on any atom is -0.438 e.